The summed E-state index contributed by atoms with van der Waals surface area (Å²) in [4.78, 5) is 0. The third-order valence-electron chi connectivity index (χ3n) is 2.74. The fourth-order valence-electron chi connectivity index (χ4n) is 1.92. The predicted octanol–water partition coefficient (Wildman–Crippen LogP) is 4.96. The van der Waals surface area contributed by atoms with Crippen molar-refractivity contribution in [2.24, 2.45) is 0 Å². The van der Waals surface area contributed by atoms with Crippen molar-refractivity contribution in [3.05, 3.63) is 68.7 Å². The Balaban J connectivity index is 2.45. The van der Waals surface area contributed by atoms with Gasteiger partial charge >= 0.3 is 0 Å². The Hall–Kier alpha value is -0.730. The van der Waals surface area contributed by atoms with E-state index >= 15 is 0 Å². The number of halogens is 3. The van der Waals surface area contributed by atoms with Gasteiger partial charge in [0.15, 0.2) is 0 Å². The zero-order valence-electron chi connectivity index (χ0n) is 9.75. The Morgan fingerprint density at radius 1 is 0.944 bits per heavy atom. The zero-order valence-corrected chi connectivity index (χ0v) is 12.0. The van der Waals surface area contributed by atoms with Crippen molar-refractivity contribution in [2.45, 2.75) is 6.04 Å². The molecular weight excluding hydrogens is 289 g/mol. The summed E-state index contributed by atoms with van der Waals surface area (Å²) in [6.45, 7) is 0. The van der Waals surface area contributed by atoms with E-state index in [1.54, 1.807) is 6.07 Å². The summed E-state index contributed by atoms with van der Waals surface area (Å²) in [5.74, 6) is 0. The summed E-state index contributed by atoms with van der Waals surface area (Å²) in [6, 6.07) is 13.2. The third-order valence-corrected chi connectivity index (χ3v) is 3.54. The average molecular weight is 301 g/mol. The first-order valence-corrected chi connectivity index (χ1v) is 6.63. The summed E-state index contributed by atoms with van der Waals surface area (Å²) < 4.78 is 0. The molecule has 1 N–H and O–H groups in total. The van der Waals surface area contributed by atoms with E-state index in [2.05, 4.69) is 5.32 Å². The highest BCUT2D eigenvalue weighted by molar-refractivity contribution is 6.35. The minimum atomic E-state index is -0.00605. The lowest BCUT2D eigenvalue weighted by Gasteiger charge is -2.19. The molecular formula is C14H12Cl3N. The summed E-state index contributed by atoms with van der Waals surface area (Å²) in [5, 5.41) is 5.21. The van der Waals surface area contributed by atoms with Crippen LogP contribution in [0.1, 0.15) is 17.2 Å². The summed E-state index contributed by atoms with van der Waals surface area (Å²) in [7, 11) is 1.89. The highest BCUT2D eigenvalue weighted by Crippen LogP contribution is 2.31. The minimum absolute atomic E-state index is 0.00605. The van der Waals surface area contributed by atoms with Gasteiger partial charge in [-0.2, -0.15) is 0 Å². The Labute approximate surface area is 122 Å². The second kappa shape index (κ2) is 5.94. The van der Waals surface area contributed by atoms with E-state index in [0.717, 1.165) is 11.1 Å². The van der Waals surface area contributed by atoms with E-state index < -0.39 is 0 Å². The number of benzene rings is 2. The van der Waals surface area contributed by atoms with Crippen LogP contribution in [0.25, 0.3) is 0 Å². The van der Waals surface area contributed by atoms with Gasteiger partial charge in [0.05, 0.1) is 6.04 Å². The first kappa shape index (κ1) is 13.7. The summed E-state index contributed by atoms with van der Waals surface area (Å²) in [5.41, 5.74) is 2.04. The molecule has 0 aliphatic rings. The third kappa shape index (κ3) is 2.99. The smallest absolute Gasteiger partial charge is 0.0589 e. The monoisotopic (exact) mass is 299 g/mol. The maximum atomic E-state index is 6.24. The average Bonchev–Trinajstić information content (AvgIpc) is 2.33. The van der Waals surface area contributed by atoms with Crippen molar-refractivity contribution < 1.29 is 0 Å². The molecule has 0 radical (unpaired) electrons. The van der Waals surface area contributed by atoms with Crippen molar-refractivity contribution in [2.75, 3.05) is 7.05 Å². The van der Waals surface area contributed by atoms with Crippen molar-refractivity contribution in [1.82, 2.24) is 5.32 Å². The molecule has 1 atom stereocenters. The fourth-order valence-corrected chi connectivity index (χ4v) is 2.64. The van der Waals surface area contributed by atoms with Gasteiger partial charge in [-0.3, -0.25) is 0 Å². The molecule has 94 valence electrons. The quantitative estimate of drug-likeness (QED) is 0.845. The number of hydrogen-bond acceptors (Lipinski definition) is 1. The van der Waals surface area contributed by atoms with Gasteiger partial charge in [0, 0.05) is 15.1 Å². The van der Waals surface area contributed by atoms with Crippen LogP contribution in [0.15, 0.2) is 42.5 Å². The highest BCUT2D eigenvalue weighted by Gasteiger charge is 2.15. The molecule has 0 spiro atoms. The molecule has 0 aliphatic heterocycles. The van der Waals surface area contributed by atoms with Crippen LogP contribution in [0.4, 0.5) is 0 Å². The Morgan fingerprint density at radius 2 is 1.67 bits per heavy atom. The standard InChI is InChI=1S/C14H12Cl3N/c1-18-14(9-3-2-4-10(15)7-9)12-6-5-11(16)8-13(12)17/h2-8,14,18H,1H3. The Kier molecular flexibility index (Phi) is 4.52. The van der Waals surface area contributed by atoms with Gasteiger partial charge < -0.3 is 5.32 Å². The lowest BCUT2D eigenvalue weighted by atomic mass is 9.99. The molecule has 2 rings (SSSR count). The van der Waals surface area contributed by atoms with E-state index in [1.807, 2.05) is 43.4 Å². The highest BCUT2D eigenvalue weighted by atomic mass is 35.5. The molecule has 1 unspecified atom stereocenters. The molecule has 0 heterocycles. The molecule has 18 heavy (non-hydrogen) atoms. The maximum absolute atomic E-state index is 6.24. The van der Waals surface area contributed by atoms with Crippen molar-refractivity contribution >= 4 is 34.8 Å². The molecule has 0 aliphatic carbocycles. The van der Waals surface area contributed by atoms with Gasteiger partial charge in [-0.25, -0.2) is 0 Å². The first-order valence-electron chi connectivity index (χ1n) is 5.49. The van der Waals surface area contributed by atoms with Gasteiger partial charge in [0.2, 0.25) is 0 Å². The van der Waals surface area contributed by atoms with Gasteiger partial charge in [-0.15, -0.1) is 0 Å². The van der Waals surface area contributed by atoms with Crippen LogP contribution in [-0.2, 0) is 0 Å². The van der Waals surface area contributed by atoms with Crippen molar-refractivity contribution in [3.8, 4) is 0 Å². The molecule has 0 fully saturated rings. The van der Waals surface area contributed by atoms with E-state index in [4.69, 9.17) is 34.8 Å². The molecule has 2 aromatic carbocycles. The molecule has 0 saturated carbocycles. The largest absolute Gasteiger partial charge is 0.309 e. The van der Waals surface area contributed by atoms with Crippen LogP contribution in [-0.4, -0.2) is 7.05 Å². The lowest BCUT2D eigenvalue weighted by molar-refractivity contribution is 0.692. The fraction of sp³-hybridized carbons (Fsp3) is 0.143. The molecule has 1 nitrogen and oxygen atoms in total. The topological polar surface area (TPSA) is 12.0 Å². The molecule has 2 aromatic rings. The van der Waals surface area contributed by atoms with Gasteiger partial charge in [-0.05, 0) is 42.4 Å². The predicted molar refractivity (Wildman–Crippen MR) is 78.8 cm³/mol. The molecule has 0 saturated heterocycles. The van der Waals surface area contributed by atoms with Crippen LogP contribution in [0.5, 0.6) is 0 Å². The lowest BCUT2D eigenvalue weighted by Crippen LogP contribution is -2.18. The van der Waals surface area contributed by atoms with E-state index in [9.17, 15) is 0 Å². The van der Waals surface area contributed by atoms with E-state index in [-0.39, 0.29) is 6.04 Å². The Bertz CT molecular complexity index is 554. The molecule has 0 bridgehead atoms. The van der Waals surface area contributed by atoms with Crippen LogP contribution in [0.2, 0.25) is 15.1 Å². The number of nitrogens with one attached hydrogen (secondary N) is 1. The molecule has 0 amide bonds. The normalized spacial score (nSPS) is 12.4. The first-order chi connectivity index (χ1) is 8.61. The van der Waals surface area contributed by atoms with Crippen LogP contribution in [0, 0.1) is 0 Å². The van der Waals surface area contributed by atoms with Crippen LogP contribution in [0.3, 0.4) is 0 Å². The van der Waals surface area contributed by atoms with Gasteiger partial charge in [0.25, 0.3) is 0 Å². The maximum Gasteiger partial charge on any atom is 0.0589 e. The van der Waals surface area contributed by atoms with Crippen molar-refractivity contribution in [1.29, 1.82) is 0 Å². The minimum Gasteiger partial charge on any atom is -0.309 e. The van der Waals surface area contributed by atoms with E-state index in [0.29, 0.717) is 15.1 Å². The SMILES string of the molecule is CNC(c1cccc(Cl)c1)c1ccc(Cl)cc1Cl. The molecule has 4 heteroatoms. The number of rotatable bonds is 3. The summed E-state index contributed by atoms with van der Waals surface area (Å²) >= 11 is 18.2. The second-order valence-electron chi connectivity index (χ2n) is 3.94. The van der Waals surface area contributed by atoms with Crippen LogP contribution >= 0.6 is 34.8 Å². The van der Waals surface area contributed by atoms with Crippen molar-refractivity contribution in [3.63, 3.8) is 0 Å². The zero-order chi connectivity index (χ0) is 13.1. The Morgan fingerprint density at radius 3 is 2.28 bits per heavy atom. The summed E-state index contributed by atoms with van der Waals surface area (Å²) in [6.07, 6.45) is 0. The number of hydrogen-bond donors (Lipinski definition) is 1. The van der Waals surface area contributed by atoms with E-state index in [1.165, 1.54) is 0 Å². The second-order valence-corrected chi connectivity index (χ2v) is 5.22. The van der Waals surface area contributed by atoms with Gasteiger partial charge in [-0.1, -0.05) is 53.0 Å². The van der Waals surface area contributed by atoms with Gasteiger partial charge in [0.1, 0.15) is 0 Å². The van der Waals surface area contributed by atoms with Crippen LogP contribution < -0.4 is 5.32 Å². The molecule has 0 aromatic heterocycles.